The lowest BCUT2D eigenvalue weighted by atomic mass is 10.1. The van der Waals surface area contributed by atoms with Crippen LogP contribution in [0.5, 0.6) is 5.75 Å². The smallest absolute Gasteiger partial charge is 0.265 e. The first-order valence-electron chi connectivity index (χ1n) is 8.38. The molecule has 6 heteroatoms. The zero-order valence-corrected chi connectivity index (χ0v) is 14.4. The van der Waals surface area contributed by atoms with E-state index in [2.05, 4.69) is 10.3 Å². The summed E-state index contributed by atoms with van der Waals surface area (Å²) in [5.74, 6) is 0.301. The molecule has 1 aromatic carbocycles. The monoisotopic (exact) mass is 339 g/mol. The molecule has 1 N–H and O–H groups in total. The van der Waals surface area contributed by atoms with Crippen molar-refractivity contribution < 1.29 is 14.3 Å². The molecule has 0 aliphatic carbocycles. The molecule has 1 atom stereocenters. The summed E-state index contributed by atoms with van der Waals surface area (Å²) in [5.41, 5.74) is 2.30. The van der Waals surface area contributed by atoms with Crippen LogP contribution in [0.1, 0.15) is 29.8 Å². The Labute approximate surface area is 146 Å². The Bertz CT molecular complexity index is 777. The first kappa shape index (κ1) is 17.0. The minimum Gasteiger partial charge on any atom is -0.479 e. The molecule has 1 aliphatic heterocycles. The highest BCUT2D eigenvalue weighted by Gasteiger charge is 2.25. The van der Waals surface area contributed by atoms with Gasteiger partial charge in [-0.25, -0.2) is 0 Å². The van der Waals surface area contributed by atoms with Crippen molar-refractivity contribution in [1.82, 2.24) is 9.88 Å². The van der Waals surface area contributed by atoms with Crippen molar-refractivity contribution in [2.75, 3.05) is 18.4 Å². The average molecular weight is 339 g/mol. The van der Waals surface area contributed by atoms with Crippen molar-refractivity contribution in [1.29, 1.82) is 0 Å². The van der Waals surface area contributed by atoms with Crippen molar-refractivity contribution in [3.63, 3.8) is 0 Å². The van der Waals surface area contributed by atoms with Gasteiger partial charge in [0.1, 0.15) is 5.75 Å². The molecule has 6 nitrogen and oxygen atoms in total. The molecule has 130 valence electrons. The number of carbonyl (C=O) groups is 2. The Hall–Kier alpha value is -2.89. The van der Waals surface area contributed by atoms with Crippen LogP contribution in [-0.4, -0.2) is 40.9 Å². The normalized spacial score (nSPS) is 15.8. The lowest BCUT2D eigenvalue weighted by molar-refractivity contribution is -0.122. The van der Waals surface area contributed by atoms with E-state index in [1.807, 2.05) is 19.1 Å². The summed E-state index contributed by atoms with van der Waals surface area (Å²) < 4.78 is 5.59. The molecule has 3 rings (SSSR count). The van der Waals surface area contributed by atoms with Crippen LogP contribution in [-0.2, 0) is 11.2 Å². The third-order valence-corrected chi connectivity index (χ3v) is 4.25. The first-order chi connectivity index (χ1) is 12.1. The van der Waals surface area contributed by atoms with Gasteiger partial charge in [0.2, 0.25) is 0 Å². The summed E-state index contributed by atoms with van der Waals surface area (Å²) in [7, 11) is 0. The number of nitrogens with zero attached hydrogens (tertiary/aromatic N) is 2. The molecule has 0 radical (unpaired) electrons. The lowest BCUT2D eigenvalue weighted by Gasteiger charge is -2.25. The first-order valence-corrected chi connectivity index (χ1v) is 8.38. The number of fused-ring (bicyclic) bond motifs is 1. The topological polar surface area (TPSA) is 71.5 Å². The fourth-order valence-corrected chi connectivity index (χ4v) is 2.73. The van der Waals surface area contributed by atoms with Gasteiger partial charge in [-0.15, -0.1) is 0 Å². The predicted molar refractivity (Wildman–Crippen MR) is 94.7 cm³/mol. The van der Waals surface area contributed by atoms with E-state index in [0.29, 0.717) is 30.1 Å². The number of hydrogen-bond acceptors (Lipinski definition) is 4. The molecule has 0 saturated heterocycles. The zero-order valence-electron chi connectivity index (χ0n) is 14.4. The fourth-order valence-electron chi connectivity index (χ4n) is 2.73. The number of hydrogen-bond donors (Lipinski definition) is 1. The second-order valence-electron chi connectivity index (χ2n) is 5.95. The summed E-state index contributed by atoms with van der Waals surface area (Å²) in [4.78, 5) is 30.2. The highest BCUT2D eigenvalue weighted by Crippen LogP contribution is 2.30. The van der Waals surface area contributed by atoms with Gasteiger partial charge >= 0.3 is 0 Å². The van der Waals surface area contributed by atoms with Crippen LogP contribution in [0.25, 0.3) is 0 Å². The Kier molecular flexibility index (Phi) is 4.97. The summed E-state index contributed by atoms with van der Waals surface area (Å²) in [6.45, 7) is 4.89. The predicted octanol–water partition coefficient (Wildman–Crippen LogP) is 2.51. The van der Waals surface area contributed by atoms with Gasteiger partial charge in [-0.3, -0.25) is 14.6 Å². The maximum absolute atomic E-state index is 12.8. The Morgan fingerprint density at radius 3 is 2.76 bits per heavy atom. The highest BCUT2D eigenvalue weighted by molar-refractivity contribution is 6.00. The Morgan fingerprint density at radius 2 is 2.04 bits per heavy atom. The van der Waals surface area contributed by atoms with Crippen molar-refractivity contribution in [3.8, 4) is 5.75 Å². The van der Waals surface area contributed by atoms with Gasteiger partial charge in [0, 0.05) is 31.0 Å². The third kappa shape index (κ3) is 3.79. The van der Waals surface area contributed by atoms with Gasteiger partial charge in [0.25, 0.3) is 11.8 Å². The van der Waals surface area contributed by atoms with Gasteiger partial charge < -0.3 is 15.0 Å². The van der Waals surface area contributed by atoms with E-state index in [9.17, 15) is 9.59 Å². The zero-order chi connectivity index (χ0) is 17.8. The summed E-state index contributed by atoms with van der Waals surface area (Å²) in [5, 5.41) is 2.77. The molecular weight excluding hydrogens is 318 g/mol. The average Bonchev–Trinajstić information content (AvgIpc) is 2.63. The highest BCUT2D eigenvalue weighted by atomic mass is 16.5. The lowest BCUT2D eigenvalue weighted by Crippen LogP contribution is -2.35. The van der Waals surface area contributed by atoms with E-state index in [-0.39, 0.29) is 11.8 Å². The molecule has 0 spiro atoms. The number of aromatic nitrogens is 1. The van der Waals surface area contributed by atoms with Crippen molar-refractivity contribution in [2.45, 2.75) is 26.4 Å². The van der Waals surface area contributed by atoms with Crippen LogP contribution in [0.2, 0.25) is 0 Å². The molecule has 2 heterocycles. The maximum Gasteiger partial charge on any atom is 0.265 e. The van der Waals surface area contributed by atoms with E-state index in [4.69, 9.17) is 4.74 Å². The van der Waals surface area contributed by atoms with Crippen LogP contribution < -0.4 is 10.1 Å². The number of rotatable bonds is 5. The van der Waals surface area contributed by atoms with E-state index in [1.165, 1.54) is 0 Å². The van der Waals surface area contributed by atoms with Crippen molar-refractivity contribution >= 4 is 17.5 Å². The van der Waals surface area contributed by atoms with Gasteiger partial charge in [0.05, 0.1) is 5.69 Å². The van der Waals surface area contributed by atoms with Gasteiger partial charge in [-0.2, -0.15) is 0 Å². The van der Waals surface area contributed by atoms with E-state index in [1.54, 1.807) is 42.4 Å². The van der Waals surface area contributed by atoms with Gasteiger partial charge in [0.15, 0.2) is 6.10 Å². The number of benzene rings is 1. The SMILES string of the molecule is CCN(CCc1ccncc1)C(=O)c1ccc2c(c1)OC(C)C(=O)N2. The molecule has 1 unspecified atom stereocenters. The molecule has 2 aromatic rings. The van der Waals surface area contributed by atoms with E-state index in [0.717, 1.165) is 12.0 Å². The standard InChI is InChI=1S/C19H21N3O3/c1-3-22(11-8-14-6-9-20-10-7-14)19(24)15-4-5-16-17(12-15)25-13(2)18(23)21-16/h4-7,9-10,12-13H,3,8,11H2,1-2H3,(H,21,23). The number of likely N-dealkylation sites (N-methyl/N-ethyl adjacent to an activating group) is 1. The molecule has 1 aromatic heterocycles. The number of nitrogens with one attached hydrogen (secondary N) is 1. The molecule has 1 aliphatic rings. The second-order valence-corrected chi connectivity index (χ2v) is 5.95. The van der Waals surface area contributed by atoms with Crippen LogP contribution in [0, 0.1) is 0 Å². The van der Waals surface area contributed by atoms with Crippen LogP contribution in [0.4, 0.5) is 5.69 Å². The fraction of sp³-hybridized carbons (Fsp3) is 0.316. The molecule has 0 fully saturated rings. The number of ether oxygens (including phenoxy) is 1. The molecular formula is C19H21N3O3. The van der Waals surface area contributed by atoms with Crippen molar-refractivity contribution in [3.05, 3.63) is 53.9 Å². The third-order valence-electron chi connectivity index (χ3n) is 4.25. The van der Waals surface area contributed by atoms with Gasteiger partial charge in [-0.05, 0) is 56.2 Å². The van der Waals surface area contributed by atoms with E-state index >= 15 is 0 Å². The largest absolute Gasteiger partial charge is 0.479 e. The quantitative estimate of drug-likeness (QED) is 0.908. The second kappa shape index (κ2) is 7.34. The number of pyridine rings is 1. The Balaban J connectivity index is 1.72. The van der Waals surface area contributed by atoms with Gasteiger partial charge in [-0.1, -0.05) is 0 Å². The number of carbonyl (C=O) groups excluding carboxylic acids is 2. The van der Waals surface area contributed by atoms with E-state index < -0.39 is 6.10 Å². The minimum absolute atomic E-state index is 0.0486. The maximum atomic E-state index is 12.8. The molecule has 2 amide bonds. The van der Waals surface area contributed by atoms with Crippen LogP contribution in [0.15, 0.2) is 42.7 Å². The summed E-state index contributed by atoms with van der Waals surface area (Å²) in [6, 6.07) is 9.03. The van der Waals surface area contributed by atoms with Crippen LogP contribution in [0.3, 0.4) is 0 Å². The van der Waals surface area contributed by atoms with Crippen molar-refractivity contribution in [2.24, 2.45) is 0 Å². The Morgan fingerprint density at radius 1 is 1.28 bits per heavy atom. The minimum atomic E-state index is -0.563. The molecule has 0 bridgehead atoms. The number of anilines is 1. The summed E-state index contributed by atoms with van der Waals surface area (Å²) in [6.07, 6.45) is 3.72. The molecule has 25 heavy (non-hydrogen) atoms. The van der Waals surface area contributed by atoms with Crippen LogP contribution >= 0.6 is 0 Å². The molecule has 0 saturated carbocycles. The summed E-state index contributed by atoms with van der Waals surface area (Å²) >= 11 is 0. The number of amides is 2.